The predicted octanol–water partition coefficient (Wildman–Crippen LogP) is 3.92. The lowest BCUT2D eigenvalue weighted by Crippen LogP contribution is -2.21. The molecule has 2 nitrogen and oxygen atoms in total. The van der Waals surface area contributed by atoms with Crippen LogP contribution < -0.4 is 0 Å². The van der Waals surface area contributed by atoms with Crippen LogP contribution in [0.3, 0.4) is 0 Å². The van der Waals surface area contributed by atoms with Gasteiger partial charge in [0.25, 0.3) is 5.24 Å². The van der Waals surface area contributed by atoms with Crippen LogP contribution in [0, 0.1) is 0 Å². The van der Waals surface area contributed by atoms with Gasteiger partial charge >= 0.3 is 12.4 Å². The summed E-state index contributed by atoms with van der Waals surface area (Å²) in [6.07, 6.45) is -11.0. The first-order valence-corrected chi connectivity index (χ1v) is 4.84. The molecule has 0 atom stereocenters. The summed E-state index contributed by atoms with van der Waals surface area (Å²) >= 11 is 4.86. The molecular weight excluding hydrogens is 302 g/mol. The van der Waals surface area contributed by atoms with Crippen LogP contribution in [0.25, 0.3) is 0 Å². The van der Waals surface area contributed by atoms with Crippen LogP contribution in [-0.2, 0) is 12.4 Å². The Morgan fingerprint density at radius 2 is 1.58 bits per heavy atom. The lowest BCUT2D eigenvalue weighted by atomic mass is 9.96. The second-order valence-corrected chi connectivity index (χ2v) is 3.68. The molecule has 1 aromatic carbocycles. The van der Waals surface area contributed by atoms with Gasteiger partial charge in [-0.2, -0.15) is 26.3 Å². The second kappa shape index (κ2) is 4.84. The minimum Gasteiger partial charge on any atom is -0.298 e. The van der Waals surface area contributed by atoms with Crippen molar-refractivity contribution in [1.29, 1.82) is 0 Å². The number of hydrogen-bond acceptors (Lipinski definition) is 2. The molecular formula is C10H3ClF6O2. The topological polar surface area (TPSA) is 34.1 Å². The van der Waals surface area contributed by atoms with E-state index in [1.54, 1.807) is 0 Å². The number of halogens is 7. The average Bonchev–Trinajstić information content (AvgIpc) is 2.24. The maximum Gasteiger partial charge on any atom is 0.417 e. The van der Waals surface area contributed by atoms with Crippen LogP contribution in [0.2, 0.25) is 0 Å². The van der Waals surface area contributed by atoms with Crippen LogP contribution in [-0.4, -0.2) is 11.5 Å². The van der Waals surface area contributed by atoms with Crippen LogP contribution in [0.15, 0.2) is 12.1 Å². The minimum atomic E-state index is -5.48. The Balaban J connectivity index is 3.86. The number of benzene rings is 1. The molecule has 0 aliphatic heterocycles. The summed E-state index contributed by atoms with van der Waals surface area (Å²) < 4.78 is 75.6. The smallest absolute Gasteiger partial charge is 0.298 e. The Hall–Kier alpha value is -1.57. The Morgan fingerprint density at radius 1 is 1.05 bits per heavy atom. The van der Waals surface area contributed by atoms with Gasteiger partial charge in [-0.05, 0) is 17.7 Å². The summed E-state index contributed by atoms with van der Waals surface area (Å²) in [4.78, 5) is 21.4. The molecule has 0 amide bonds. The number of alkyl halides is 6. The quantitative estimate of drug-likeness (QED) is 0.471. The molecule has 104 valence electrons. The summed E-state index contributed by atoms with van der Waals surface area (Å²) in [5.74, 6) is 0. The van der Waals surface area contributed by atoms with Crippen molar-refractivity contribution in [2.24, 2.45) is 0 Å². The Kier molecular flexibility index (Phi) is 3.94. The van der Waals surface area contributed by atoms with Gasteiger partial charge < -0.3 is 0 Å². The van der Waals surface area contributed by atoms with Crippen molar-refractivity contribution < 1.29 is 35.9 Å². The van der Waals surface area contributed by atoms with Crippen LogP contribution in [0.1, 0.15) is 31.8 Å². The van der Waals surface area contributed by atoms with Gasteiger partial charge in [-0.15, -0.1) is 0 Å². The maximum atomic E-state index is 12.7. The van der Waals surface area contributed by atoms with E-state index in [0.717, 1.165) is 0 Å². The molecule has 0 fully saturated rings. The monoisotopic (exact) mass is 304 g/mol. The molecule has 0 heterocycles. The van der Waals surface area contributed by atoms with Crippen molar-refractivity contribution in [3.8, 4) is 0 Å². The van der Waals surface area contributed by atoms with Gasteiger partial charge in [0.1, 0.15) is 0 Å². The zero-order chi connectivity index (χ0) is 15.0. The molecule has 1 rings (SSSR count). The molecule has 0 aliphatic rings. The number of hydrogen-bond donors (Lipinski definition) is 0. The lowest BCUT2D eigenvalue weighted by Gasteiger charge is -2.18. The number of aldehydes is 1. The van der Waals surface area contributed by atoms with Gasteiger partial charge in [0.2, 0.25) is 0 Å². The first-order valence-electron chi connectivity index (χ1n) is 4.46. The van der Waals surface area contributed by atoms with Gasteiger partial charge in [0, 0.05) is 5.56 Å². The first kappa shape index (κ1) is 15.5. The molecule has 0 saturated heterocycles. The average molecular weight is 305 g/mol. The van der Waals surface area contributed by atoms with Crippen LogP contribution >= 0.6 is 11.6 Å². The first-order chi connectivity index (χ1) is 8.50. The zero-order valence-electron chi connectivity index (χ0n) is 8.69. The van der Waals surface area contributed by atoms with E-state index >= 15 is 0 Å². The minimum absolute atomic E-state index is 0.0793. The van der Waals surface area contributed by atoms with E-state index in [1.165, 1.54) is 0 Å². The van der Waals surface area contributed by atoms with Crippen molar-refractivity contribution in [3.63, 3.8) is 0 Å². The van der Waals surface area contributed by atoms with E-state index in [4.69, 9.17) is 11.6 Å². The highest BCUT2D eigenvalue weighted by molar-refractivity contribution is 6.68. The van der Waals surface area contributed by atoms with Gasteiger partial charge in [-0.3, -0.25) is 9.59 Å². The third-order valence-corrected chi connectivity index (χ3v) is 2.34. The summed E-state index contributed by atoms with van der Waals surface area (Å²) in [5, 5.41) is -1.79. The van der Waals surface area contributed by atoms with Crippen molar-refractivity contribution in [2.45, 2.75) is 12.4 Å². The van der Waals surface area contributed by atoms with E-state index in [0.29, 0.717) is 6.07 Å². The molecule has 0 bridgehead atoms. The highest BCUT2D eigenvalue weighted by Crippen LogP contribution is 2.43. The summed E-state index contributed by atoms with van der Waals surface area (Å²) in [7, 11) is 0. The predicted molar refractivity (Wildman–Crippen MR) is 52.0 cm³/mol. The third-order valence-electron chi connectivity index (χ3n) is 2.15. The molecule has 9 heteroatoms. The van der Waals surface area contributed by atoms with Crippen molar-refractivity contribution >= 4 is 23.1 Å². The standard InChI is InChI=1S/C10H3ClF6O2/c11-8(19)6-4(3-18)1-2-5(9(12,13)14)7(6)10(15,16)17/h1-3H. The molecule has 1 aromatic rings. The van der Waals surface area contributed by atoms with Crippen LogP contribution in [0.5, 0.6) is 0 Å². The third kappa shape index (κ3) is 3.06. The highest BCUT2D eigenvalue weighted by Gasteiger charge is 2.46. The normalized spacial score (nSPS) is 12.4. The van der Waals surface area contributed by atoms with Gasteiger partial charge in [-0.1, -0.05) is 6.07 Å². The Labute approximate surface area is 107 Å². The number of carbonyl (C=O) groups excluding carboxylic acids is 2. The van der Waals surface area contributed by atoms with E-state index < -0.39 is 39.8 Å². The van der Waals surface area contributed by atoms with Crippen molar-refractivity contribution in [3.05, 3.63) is 34.4 Å². The highest BCUT2D eigenvalue weighted by atomic mass is 35.5. The molecule has 0 saturated carbocycles. The Bertz CT molecular complexity index is 532. The molecule has 0 N–H and O–H groups in total. The number of carbonyl (C=O) groups is 2. The van der Waals surface area contributed by atoms with Crippen molar-refractivity contribution in [2.75, 3.05) is 0 Å². The fraction of sp³-hybridized carbons (Fsp3) is 0.200. The Morgan fingerprint density at radius 3 is 1.89 bits per heavy atom. The maximum absolute atomic E-state index is 12.7. The molecule has 0 radical (unpaired) electrons. The fourth-order valence-corrected chi connectivity index (χ4v) is 1.66. The largest absolute Gasteiger partial charge is 0.417 e. The summed E-state index contributed by atoms with van der Waals surface area (Å²) in [6, 6.07) is 0.538. The molecule has 0 aromatic heterocycles. The van der Waals surface area contributed by atoms with E-state index in [-0.39, 0.29) is 12.4 Å². The van der Waals surface area contributed by atoms with E-state index in [1.807, 2.05) is 0 Å². The fourth-order valence-electron chi connectivity index (χ4n) is 1.46. The van der Waals surface area contributed by atoms with Gasteiger partial charge in [-0.25, -0.2) is 0 Å². The van der Waals surface area contributed by atoms with Gasteiger partial charge in [0.15, 0.2) is 6.29 Å². The molecule has 0 unspecified atom stereocenters. The summed E-state index contributed by atoms with van der Waals surface area (Å²) in [5.41, 5.74) is -6.70. The molecule has 0 spiro atoms. The zero-order valence-corrected chi connectivity index (χ0v) is 9.45. The lowest BCUT2D eigenvalue weighted by molar-refractivity contribution is -0.162. The second-order valence-electron chi connectivity index (χ2n) is 3.34. The van der Waals surface area contributed by atoms with E-state index in [2.05, 4.69) is 0 Å². The summed E-state index contributed by atoms with van der Waals surface area (Å²) in [6.45, 7) is 0. The van der Waals surface area contributed by atoms with E-state index in [9.17, 15) is 35.9 Å². The van der Waals surface area contributed by atoms with Crippen molar-refractivity contribution in [1.82, 2.24) is 0 Å². The SMILES string of the molecule is O=Cc1ccc(C(F)(F)F)c(C(F)(F)F)c1C(=O)Cl. The van der Waals surface area contributed by atoms with Crippen LogP contribution in [0.4, 0.5) is 26.3 Å². The number of rotatable bonds is 2. The van der Waals surface area contributed by atoms with Gasteiger partial charge in [0.05, 0.1) is 16.7 Å². The molecule has 0 aliphatic carbocycles. The molecule has 19 heavy (non-hydrogen) atoms.